The van der Waals surface area contributed by atoms with Crippen LogP contribution in [0.25, 0.3) is 0 Å². The van der Waals surface area contributed by atoms with E-state index in [1.165, 1.54) is 12.8 Å². The summed E-state index contributed by atoms with van der Waals surface area (Å²) < 4.78 is 0. The molecule has 2 aliphatic rings. The second-order valence-corrected chi connectivity index (χ2v) is 4.32. The molecule has 1 saturated carbocycles. The van der Waals surface area contributed by atoms with Crippen molar-refractivity contribution in [1.29, 1.82) is 0 Å². The molecule has 76 valence electrons. The van der Waals surface area contributed by atoms with Gasteiger partial charge in [-0.3, -0.25) is 4.99 Å². The van der Waals surface area contributed by atoms with E-state index in [1.807, 2.05) is 0 Å². The number of amidine groups is 1. The predicted molar refractivity (Wildman–Crippen MR) is 58.3 cm³/mol. The van der Waals surface area contributed by atoms with Gasteiger partial charge in [-0.2, -0.15) is 0 Å². The molecule has 0 aromatic heterocycles. The van der Waals surface area contributed by atoms with Crippen LogP contribution in [0.2, 0.25) is 0 Å². The van der Waals surface area contributed by atoms with E-state index < -0.39 is 0 Å². The van der Waals surface area contributed by atoms with Crippen LogP contribution >= 0.6 is 12.4 Å². The molecule has 1 fully saturated rings. The van der Waals surface area contributed by atoms with Gasteiger partial charge in [0.15, 0.2) is 0 Å². The van der Waals surface area contributed by atoms with Crippen molar-refractivity contribution in [2.24, 2.45) is 28.5 Å². The zero-order valence-corrected chi connectivity index (χ0v) is 9.18. The first kappa shape index (κ1) is 10.8. The molecule has 0 bridgehead atoms. The van der Waals surface area contributed by atoms with Gasteiger partial charge in [-0.25, -0.2) is 0 Å². The molecule has 0 spiro atoms. The Morgan fingerprint density at radius 1 is 1.54 bits per heavy atom. The lowest BCUT2D eigenvalue weighted by Gasteiger charge is -2.13. The first-order valence-corrected chi connectivity index (χ1v) is 5.06. The summed E-state index contributed by atoms with van der Waals surface area (Å²) in [4.78, 5) is 4.50. The number of fused-ring (bicyclic) bond motifs is 1. The first-order chi connectivity index (χ1) is 5.74. The van der Waals surface area contributed by atoms with E-state index >= 15 is 0 Å². The lowest BCUT2D eigenvalue weighted by Crippen LogP contribution is -2.22. The number of nitrogens with two attached hydrogens (primary N) is 1. The third-order valence-electron chi connectivity index (χ3n) is 3.31. The normalized spacial score (nSPS) is 41.5. The number of hydrogen-bond donors (Lipinski definition) is 1. The highest BCUT2D eigenvalue weighted by Crippen LogP contribution is 2.52. The van der Waals surface area contributed by atoms with Crippen LogP contribution in [0.1, 0.15) is 33.1 Å². The molecule has 2 unspecified atom stereocenters. The average Bonchev–Trinajstić information content (AvgIpc) is 2.63. The van der Waals surface area contributed by atoms with E-state index in [0.717, 1.165) is 30.0 Å². The minimum atomic E-state index is 0. The molecule has 4 atom stereocenters. The summed E-state index contributed by atoms with van der Waals surface area (Å²) >= 11 is 0. The lowest BCUT2D eigenvalue weighted by molar-refractivity contribution is 0.466. The third-order valence-corrected chi connectivity index (χ3v) is 3.31. The van der Waals surface area contributed by atoms with Gasteiger partial charge in [0.1, 0.15) is 0 Å². The molecular formula is C10H19ClN2. The second-order valence-electron chi connectivity index (χ2n) is 4.32. The summed E-state index contributed by atoms with van der Waals surface area (Å²) in [6.07, 6.45) is 3.66. The molecule has 2 nitrogen and oxygen atoms in total. The topological polar surface area (TPSA) is 38.4 Å². The monoisotopic (exact) mass is 202 g/mol. The minimum absolute atomic E-state index is 0. The fraction of sp³-hybridized carbons (Fsp3) is 0.900. The van der Waals surface area contributed by atoms with Gasteiger partial charge in [0.2, 0.25) is 0 Å². The SMILES string of the molecule is CCCC1[C@H]2C(C)CC(N)=N[C@H]12.Cl. The molecule has 0 aromatic carbocycles. The van der Waals surface area contributed by atoms with Gasteiger partial charge in [0.25, 0.3) is 0 Å². The number of hydrogen-bond acceptors (Lipinski definition) is 2. The van der Waals surface area contributed by atoms with Crippen LogP contribution in [-0.4, -0.2) is 11.9 Å². The van der Waals surface area contributed by atoms with Crippen molar-refractivity contribution in [3.8, 4) is 0 Å². The Hall–Kier alpha value is -0.240. The quantitative estimate of drug-likeness (QED) is 0.733. The summed E-state index contributed by atoms with van der Waals surface area (Å²) in [5, 5.41) is 0. The van der Waals surface area contributed by atoms with E-state index in [2.05, 4.69) is 18.8 Å². The van der Waals surface area contributed by atoms with Gasteiger partial charge in [0, 0.05) is 6.42 Å². The fourth-order valence-corrected chi connectivity index (χ4v) is 2.73. The largest absolute Gasteiger partial charge is 0.387 e. The zero-order chi connectivity index (χ0) is 8.72. The van der Waals surface area contributed by atoms with Gasteiger partial charge in [-0.1, -0.05) is 20.3 Å². The Labute approximate surface area is 86.4 Å². The molecule has 13 heavy (non-hydrogen) atoms. The number of halogens is 1. The molecule has 3 heteroatoms. The first-order valence-electron chi connectivity index (χ1n) is 5.06. The van der Waals surface area contributed by atoms with Crippen LogP contribution in [0.3, 0.4) is 0 Å². The Kier molecular flexibility index (Phi) is 3.23. The minimum Gasteiger partial charge on any atom is -0.387 e. The van der Waals surface area contributed by atoms with E-state index in [9.17, 15) is 0 Å². The molecule has 1 heterocycles. The Morgan fingerprint density at radius 3 is 2.85 bits per heavy atom. The molecule has 2 N–H and O–H groups in total. The van der Waals surface area contributed by atoms with E-state index in [1.54, 1.807) is 0 Å². The van der Waals surface area contributed by atoms with E-state index in [4.69, 9.17) is 5.73 Å². The molecular weight excluding hydrogens is 184 g/mol. The smallest absolute Gasteiger partial charge is 0.0943 e. The van der Waals surface area contributed by atoms with Crippen LogP contribution in [0.4, 0.5) is 0 Å². The molecule has 0 radical (unpaired) electrons. The van der Waals surface area contributed by atoms with Gasteiger partial charge < -0.3 is 5.73 Å². The van der Waals surface area contributed by atoms with Crippen molar-refractivity contribution in [2.75, 3.05) is 0 Å². The van der Waals surface area contributed by atoms with Crippen molar-refractivity contribution in [1.82, 2.24) is 0 Å². The van der Waals surface area contributed by atoms with Gasteiger partial charge >= 0.3 is 0 Å². The molecule has 0 amide bonds. The zero-order valence-electron chi connectivity index (χ0n) is 8.36. The second kappa shape index (κ2) is 3.87. The summed E-state index contributed by atoms with van der Waals surface area (Å²) in [5.74, 6) is 3.41. The number of nitrogens with zero attached hydrogens (tertiary/aromatic N) is 1. The number of aliphatic imine (C=N–C) groups is 1. The maximum Gasteiger partial charge on any atom is 0.0943 e. The van der Waals surface area contributed by atoms with Crippen molar-refractivity contribution >= 4 is 18.2 Å². The van der Waals surface area contributed by atoms with Crippen molar-refractivity contribution < 1.29 is 0 Å². The van der Waals surface area contributed by atoms with Crippen LogP contribution in [0.5, 0.6) is 0 Å². The fourth-order valence-electron chi connectivity index (χ4n) is 2.73. The average molecular weight is 203 g/mol. The van der Waals surface area contributed by atoms with Crippen molar-refractivity contribution in [3.05, 3.63) is 0 Å². The number of rotatable bonds is 2. The van der Waals surface area contributed by atoms with Gasteiger partial charge in [0.05, 0.1) is 11.9 Å². The van der Waals surface area contributed by atoms with E-state index in [-0.39, 0.29) is 12.4 Å². The van der Waals surface area contributed by atoms with E-state index in [0.29, 0.717) is 6.04 Å². The molecule has 0 aromatic rings. The molecule has 1 aliphatic heterocycles. The van der Waals surface area contributed by atoms with Crippen LogP contribution in [0, 0.1) is 17.8 Å². The lowest BCUT2D eigenvalue weighted by atomic mass is 9.97. The Balaban J connectivity index is 0.000000845. The summed E-state index contributed by atoms with van der Waals surface area (Å²) in [6.45, 7) is 4.57. The van der Waals surface area contributed by atoms with Crippen LogP contribution in [0.15, 0.2) is 4.99 Å². The molecule has 0 saturated heterocycles. The predicted octanol–water partition coefficient (Wildman–Crippen LogP) is 2.22. The van der Waals surface area contributed by atoms with Gasteiger partial charge in [-0.15, -0.1) is 12.4 Å². The van der Waals surface area contributed by atoms with Crippen LogP contribution in [-0.2, 0) is 0 Å². The maximum absolute atomic E-state index is 5.75. The van der Waals surface area contributed by atoms with Crippen LogP contribution < -0.4 is 5.73 Å². The van der Waals surface area contributed by atoms with Crippen molar-refractivity contribution in [3.63, 3.8) is 0 Å². The summed E-state index contributed by atoms with van der Waals surface area (Å²) in [5.41, 5.74) is 5.75. The standard InChI is InChI=1S/C10H18N2.ClH/c1-3-4-7-9-6(2)5-8(11)12-10(7)9;/h6-7,9-10H,3-5H2,1-2H3,(H2,11,12);1H/t6?,7?,9-,10-;/m1./s1. The highest BCUT2D eigenvalue weighted by atomic mass is 35.5. The molecule has 2 rings (SSSR count). The summed E-state index contributed by atoms with van der Waals surface area (Å²) in [6, 6.07) is 0.605. The Morgan fingerprint density at radius 2 is 2.23 bits per heavy atom. The highest BCUT2D eigenvalue weighted by molar-refractivity contribution is 5.85. The summed E-state index contributed by atoms with van der Waals surface area (Å²) in [7, 11) is 0. The maximum atomic E-state index is 5.75. The van der Waals surface area contributed by atoms with Gasteiger partial charge in [-0.05, 0) is 24.2 Å². The third kappa shape index (κ3) is 1.83. The van der Waals surface area contributed by atoms with Crippen molar-refractivity contribution in [2.45, 2.75) is 39.2 Å². The molecule has 1 aliphatic carbocycles. The highest BCUT2D eigenvalue weighted by Gasteiger charge is 2.53. The Bertz CT molecular complexity index is 215.